The molecule has 2 aromatic carbocycles. The first-order valence-corrected chi connectivity index (χ1v) is 11.1. The largest absolute Gasteiger partial charge is 0.462 e. The Morgan fingerprint density at radius 2 is 1.40 bits per heavy atom. The molecule has 0 fully saturated rings. The quantitative estimate of drug-likeness (QED) is 0.427. The zero-order chi connectivity index (χ0) is 22.7. The first-order chi connectivity index (χ1) is 14.0. The van der Waals surface area contributed by atoms with Crippen LogP contribution in [0.15, 0.2) is 65.6 Å². The number of rotatable bonds is 8. The number of ether oxygens (including phenoxy) is 1. The van der Waals surface area contributed by atoms with Crippen molar-refractivity contribution in [1.82, 2.24) is 0 Å². The van der Waals surface area contributed by atoms with Crippen LogP contribution >= 0.6 is 0 Å². The molecule has 0 heterocycles. The Morgan fingerprint density at radius 1 is 0.900 bits per heavy atom. The molecule has 0 saturated carbocycles. The molecule has 0 saturated heterocycles. The van der Waals surface area contributed by atoms with Crippen LogP contribution in [0.25, 0.3) is 0 Å². The van der Waals surface area contributed by atoms with Crippen molar-refractivity contribution in [1.29, 1.82) is 0 Å². The van der Waals surface area contributed by atoms with Gasteiger partial charge >= 0.3 is 5.97 Å². The van der Waals surface area contributed by atoms with Gasteiger partial charge in [0.15, 0.2) is 0 Å². The third kappa shape index (κ3) is 9.49. The second-order valence-electron chi connectivity index (χ2n) is 7.34. The molecule has 30 heavy (non-hydrogen) atoms. The van der Waals surface area contributed by atoms with Crippen LogP contribution in [0.1, 0.15) is 37.6 Å². The lowest BCUT2D eigenvalue weighted by atomic mass is 9.95. The van der Waals surface area contributed by atoms with E-state index in [1.807, 2.05) is 19.9 Å². The molecule has 0 aliphatic rings. The second-order valence-corrected chi connectivity index (χ2v) is 8.77. The highest BCUT2D eigenvalue weighted by Crippen LogP contribution is 2.15. The SMILES string of the molecule is CC(C)C(O)CC(O)C(C)COC(=O)c1ccccc1.O=S(=O)(O)c1ccccc1. The normalized spacial score (nSPS) is 14.2. The number of benzene rings is 2. The van der Waals surface area contributed by atoms with E-state index in [9.17, 15) is 23.4 Å². The topological polar surface area (TPSA) is 121 Å². The van der Waals surface area contributed by atoms with Gasteiger partial charge in [-0.2, -0.15) is 8.42 Å². The van der Waals surface area contributed by atoms with Crippen LogP contribution in [-0.4, -0.2) is 48.0 Å². The van der Waals surface area contributed by atoms with Crippen molar-refractivity contribution < 1.29 is 32.7 Å². The second kappa shape index (κ2) is 12.4. The minimum absolute atomic E-state index is 0.0741. The Hall–Kier alpha value is -2.26. The van der Waals surface area contributed by atoms with Crippen molar-refractivity contribution in [2.24, 2.45) is 11.8 Å². The Bertz CT molecular complexity index is 852. The summed E-state index contributed by atoms with van der Waals surface area (Å²) in [6, 6.07) is 16.2. The number of aliphatic hydroxyl groups excluding tert-OH is 2. The van der Waals surface area contributed by atoms with E-state index in [1.165, 1.54) is 12.1 Å². The Balaban J connectivity index is 0.000000375. The van der Waals surface area contributed by atoms with E-state index in [0.29, 0.717) is 12.0 Å². The molecule has 0 amide bonds. The predicted octanol–water partition coefficient (Wildman–Crippen LogP) is 3.18. The predicted molar refractivity (Wildman–Crippen MR) is 114 cm³/mol. The van der Waals surface area contributed by atoms with E-state index in [-0.39, 0.29) is 23.3 Å². The molecule has 8 heteroatoms. The summed E-state index contributed by atoms with van der Waals surface area (Å²) in [6.07, 6.45) is -0.935. The smallest absolute Gasteiger partial charge is 0.338 e. The molecule has 166 valence electrons. The summed E-state index contributed by atoms with van der Waals surface area (Å²) >= 11 is 0. The third-order valence-electron chi connectivity index (χ3n) is 4.44. The highest BCUT2D eigenvalue weighted by atomic mass is 32.2. The average molecular weight is 439 g/mol. The van der Waals surface area contributed by atoms with Crippen molar-refractivity contribution >= 4 is 16.1 Å². The van der Waals surface area contributed by atoms with Gasteiger partial charge in [0.05, 0.1) is 29.3 Å². The number of carbonyl (C=O) groups is 1. The average Bonchev–Trinajstić information content (AvgIpc) is 2.72. The van der Waals surface area contributed by atoms with Gasteiger partial charge in [0.1, 0.15) is 0 Å². The fourth-order valence-corrected chi connectivity index (χ4v) is 2.82. The van der Waals surface area contributed by atoms with E-state index < -0.39 is 28.3 Å². The Morgan fingerprint density at radius 3 is 1.83 bits per heavy atom. The van der Waals surface area contributed by atoms with E-state index in [2.05, 4.69) is 0 Å². The van der Waals surface area contributed by atoms with Gasteiger partial charge in [0.2, 0.25) is 0 Å². The van der Waals surface area contributed by atoms with Gasteiger partial charge in [0, 0.05) is 5.92 Å². The number of hydrogen-bond donors (Lipinski definition) is 3. The molecule has 3 unspecified atom stereocenters. The maximum absolute atomic E-state index is 11.7. The third-order valence-corrected chi connectivity index (χ3v) is 5.31. The number of carbonyl (C=O) groups excluding carboxylic acids is 1. The van der Waals surface area contributed by atoms with Crippen molar-refractivity contribution in [3.63, 3.8) is 0 Å². The van der Waals surface area contributed by atoms with Crippen LogP contribution < -0.4 is 0 Å². The summed E-state index contributed by atoms with van der Waals surface area (Å²) < 4.78 is 34.4. The molecule has 0 bridgehead atoms. The standard InChI is InChI=1S/C16H24O4.C6H6O3S/c1-11(2)14(17)9-15(18)12(3)10-20-16(19)13-7-5-4-6-8-13;7-10(8,9)6-4-2-1-3-5-6/h4-8,11-12,14-15,17-18H,9-10H2,1-3H3;1-5H,(H,7,8,9). The Kier molecular flexibility index (Phi) is 10.7. The van der Waals surface area contributed by atoms with Gasteiger partial charge in [0.25, 0.3) is 10.1 Å². The summed E-state index contributed by atoms with van der Waals surface area (Å²) in [6.45, 7) is 5.74. The minimum Gasteiger partial charge on any atom is -0.462 e. The van der Waals surface area contributed by atoms with Gasteiger partial charge < -0.3 is 14.9 Å². The molecule has 2 aromatic rings. The minimum atomic E-state index is -4.00. The zero-order valence-electron chi connectivity index (χ0n) is 17.4. The van der Waals surface area contributed by atoms with E-state index in [0.717, 1.165) is 0 Å². The molecule has 0 spiro atoms. The maximum Gasteiger partial charge on any atom is 0.338 e. The van der Waals surface area contributed by atoms with Gasteiger partial charge in [-0.3, -0.25) is 4.55 Å². The van der Waals surface area contributed by atoms with Gasteiger partial charge in [-0.1, -0.05) is 57.2 Å². The Labute approximate surface area is 178 Å². The molecule has 3 atom stereocenters. The van der Waals surface area contributed by atoms with Crippen molar-refractivity contribution in [2.75, 3.05) is 6.61 Å². The first-order valence-electron chi connectivity index (χ1n) is 9.63. The van der Waals surface area contributed by atoms with Crippen LogP contribution in [0.5, 0.6) is 0 Å². The lowest BCUT2D eigenvalue weighted by molar-refractivity contribution is 0.00134. The van der Waals surface area contributed by atoms with E-state index in [1.54, 1.807) is 49.4 Å². The number of aliphatic hydroxyl groups is 2. The van der Waals surface area contributed by atoms with Crippen LogP contribution in [-0.2, 0) is 14.9 Å². The highest BCUT2D eigenvalue weighted by molar-refractivity contribution is 7.85. The van der Waals surface area contributed by atoms with Gasteiger partial charge in [-0.15, -0.1) is 0 Å². The monoisotopic (exact) mass is 438 g/mol. The summed E-state index contributed by atoms with van der Waals surface area (Å²) in [5, 5.41) is 19.7. The summed E-state index contributed by atoms with van der Waals surface area (Å²) in [5.74, 6) is -0.506. The van der Waals surface area contributed by atoms with Gasteiger partial charge in [-0.05, 0) is 36.6 Å². The van der Waals surface area contributed by atoms with E-state index in [4.69, 9.17) is 9.29 Å². The van der Waals surface area contributed by atoms with Gasteiger partial charge in [-0.25, -0.2) is 4.79 Å². The first kappa shape index (κ1) is 25.8. The molecule has 7 nitrogen and oxygen atoms in total. The van der Waals surface area contributed by atoms with Crippen LogP contribution in [0, 0.1) is 11.8 Å². The summed E-state index contributed by atoms with van der Waals surface area (Å²) in [5.41, 5.74) is 0.497. The van der Waals surface area contributed by atoms with Crippen LogP contribution in [0.4, 0.5) is 0 Å². The molecule has 0 aliphatic heterocycles. The number of esters is 1. The molecule has 2 rings (SSSR count). The van der Waals surface area contributed by atoms with Crippen molar-refractivity contribution in [3.8, 4) is 0 Å². The lowest BCUT2D eigenvalue weighted by Crippen LogP contribution is -2.30. The molecule has 0 radical (unpaired) electrons. The highest BCUT2D eigenvalue weighted by Gasteiger charge is 2.21. The molecule has 0 aliphatic carbocycles. The van der Waals surface area contributed by atoms with E-state index >= 15 is 0 Å². The molecular formula is C22H30O7S. The van der Waals surface area contributed by atoms with Crippen LogP contribution in [0.3, 0.4) is 0 Å². The van der Waals surface area contributed by atoms with Crippen molar-refractivity contribution in [2.45, 2.75) is 44.3 Å². The zero-order valence-corrected chi connectivity index (χ0v) is 18.2. The maximum atomic E-state index is 11.7. The fourth-order valence-electron chi connectivity index (χ4n) is 2.32. The number of hydrogen-bond acceptors (Lipinski definition) is 6. The lowest BCUT2D eigenvalue weighted by Gasteiger charge is -2.23. The van der Waals surface area contributed by atoms with Crippen molar-refractivity contribution in [3.05, 3.63) is 66.2 Å². The van der Waals surface area contributed by atoms with Crippen LogP contribution in [0.2, 0.25) is 0 Å². The molecule has 3 N–H and O–H groups in total. The summed E-state index contributed by atoms with van der Waals surface area (Å²) in [7, 11) is -4.00. The fraction of sp³-hybridized carbons (Fsp3) is 0.409. The summed E-state index contributed by atoms with van der Waals surface area (Å²) in [4.78, 5) is 11.7. The molecular weight excluding hydrogens is 408 g/mol. The molecule has 0 aromatic heterocycles.